The Bertz CT molecular complexity index is 1350. The van der Waals surface area contributed by atoms with E-state index >= 15 is 0 Å². The molecule has 3 unspecified atom stereocenters. The van der Waals surface area contributed by atoms with Crippen molar-refractivity contribution in [3.05, 3.63) is 40.5 Å². The summed E-state index contributed by atoms with van der Waals surface area (Å²) in [6.45, 7) is 0.723. The van der Waals surface area contributed by atoms with Crippen LogP contribution in [0.3, 0.4) is 0 Å². The fourth-order valence-corrected chi connectivity index (χ4v) is 5.26. The topological polar surface area (TPSA) is 115 Å². The van der Waals surface area contributed by atoms with Crippen LogP contribution in [-0.4, -0.2) is 38.2 Å². The molecule has 0 aromatic carbocycles. The number of pyridine rings is 1. The third-order valence-corrected chi connectivity index (χ3v) is 7.20. The molecule has 2 aromatic heterocycles. The van der Waals surface area contributed by atoms with Gasteiger partial charge in [-0.1, -0.05) is 6.92 Å². The quantitative estimate of drug-likeness (QED) is 0.323. The first-order chi connectivity index (χ1) is 16.3. The first-order valence-electron chi connectivity index (χ1n) is 10.4. The van der Waals surface area contributed by atoms with Gasteiger partial charge in [-0.05, 0) is 5.41 Å². The van der Waals surface area contributed by atoms with Gasteiger partial charge in [0.2, 0.25) is 5.92 Å². The highest BCUT2D eigenvalue weighted by atomic mass is 32.2. The fraction of sp³-hybridized carbons (Fsp3) is 0.550. The molecule has 2 aliphatic carbocycles. The van der Waals surface area contributed by atoms with Crippen molar-refractivity contribution in [1.82, 2.24) is 9.78 Å². The summed E-state index contributed by atoms with van der Waals surface area (Å²) in [4.78, 5) is 13.1. The number of hydrogen-bond donors (Lipinski definition) is 2. The van der Waals surface area contributed by atoms with E-state index in [-0.39, 0.29) is 10.4 Å². The van der Waals surface area contributed by atoms with Gasteiger partial charge in [0.15, 0.2) is 11.9 Å². The summed E-state index contributed by atoms with van der Waals surface area (Å²) in [7, 11) is -3.60. The summed E-state index contributed by atoms with van der Waals surface area (Å²) in [5.41, 5.74) is -9.11. The van der Waals surface area contributed by atoms with Crippen LogP contribution >= 0.6 is 0 Å². The summed E-state index contributed by atoms with van der Waals surface area (Å²) < 4.78 is 118. The van der Waals surface area contributed by atoms with Gasteiger partial charge in [0.1, 0.15) is 32.9 Å². The molecule has 8 nitrogen and oxygen atoms in total. The van der Waals surface area contributed by atoms with Crippen molar-refractivity contribution < 1.29 is 44.5 Å². The van der Waals surface area contributed by atoms with Gasteiger partial charge in [0.05, 0.1) is 5.69 Å². The molecule has 1 amide bonds. The Morgan fingerprint density at radius 1 is 1.36 bits per heavy atom. The van der Waals surface area contributed by atoms with Crippen molar-refractivity contribution in [3.8, 4) is 0 Å². The van der Waals surface area contributed by atoms with Gasteiger partial charge in [-0.25, -0.2) is 26.6 Å². The molecule has 36 heavy (non-hydrogen) atoms. The number of halogens is 7. The molecule has 2 aromatic rings. The lowest BCUT2D eigenvalue weighted by atomic mass is 9.67. The molecule has 2 heterocycles. The predicted molar refractivity (Wildman–Crippen MR) is 110 cm³/mol. The third-order valence-electron chi connectivity index (χ3n) is 6.10. The number of nitrogens with one attached hydrogen (secondary N) is 2. The van der Waals surface area contributed by atoms with Crippen LogP contribution in [0, 0.1) is 15.4 Å². The summed E-state index contributed by atoms with van der Waals surface area (Å²) in [6, 6.07) is 1.77. The lowest BCUT2D eigenvalue weighted by molar-refractivity contribution is -0.646. The van der Waals surface area contributed by atoms with E-state index in [1.54, 1.807) is 0 Å². The molecule has 16 heteroatoms. The molecular weight excluding hydrogens is 523 g/mol. The van der Waals surface area contributed by atoms with Crippen molar-refractivity contribution in [1.29, 1.82) is 4.78 Å². The van der Waals surface area contributed by atoms with E-state index in [0.29, 0.717) is 4.68 Å². The van der Waals surface area contributed by atoms with Crippen LogP contribution in [0.4, 0.5) is 36.4 Å². The fourth-order valence-electron chi connectivity index (χ4n) is 4.50. The molecule has 4 rings (SSSR count). The van der Waals surface area contributed by atoms with Gasteiger partial charge in [-0.15, -0.1) is 0 Å². The SMILES string of the molecule is CC1(Cn2nc(C3(F)CC3F)c(C(F)(F)F)c2C(=O)Nc2cc[n+]([O-])c(S(C)(=N)=O)c2)CC(F)(F)C1. The standard InChI is InChI=1S/C20H20F7N5O3S/c1-17(7-18(22,23)8-17)9-31-14(13(20(25,26)27)15(30-31)19(24)6-11(19)21)16(33)29-10-3-4-32(34)12(5-10)36(2,28)35/h3-5,11,28H,6-9H2,1-2H3,(H,29,33). The number of carbonyl (C=O) groups is 1. The van der Waals surface area contributed by atoms with Gasteiger partial charge < -0.3 is 10.5 Å². The van der Waals surface area contributed by atoms with Gasteiger partial charge in [0.25, 0.3) is 10.9 Å². The normalized spacial score (nSPS) is 26.1. The van der Waals surface area contributed by atoms with Crippen molar-refractivity contribution in [2.24, 2.45) is 5.41 Å². The Kier molecular flexibility index (Phi) is 5.66. The molecule has 2 N–H and O–H groups in total. The van der Waals surface area contributed by atoms with Gasteiger partial charge in [-0.3, -0.25) is 9.48 Å². The number of rotatable bonds is 6. The van der Waals surface area contributed by atoms with Crippen molar-refractivity contribution in [2.75, 3.05) is 11.6 Å². The number of aromatic nitrogens is 3. The second-order valence-electron chi connectivity index (χ2n) is 9.66. The van der Waals surface area contributed by atoms with Crippen molar-refractivity contribution in [2.45, 2.75) is 61.7 Å². The maximum absolute atomic E-state index is 14.9. The van der Waals surface area contributed by atoms with Gasteiger partial charge in [0, 0.05) is 44.2 Å². The molecule has 2 saturated carbocycles. The minimum Gasteiger partial charge on any atom is -0.618 e. The smallest absolute Gasteiger partial charge is 0.420 e. The largest absolute Gasteiger partial charge is 0.618 e. The number of anilines is 1. The minimum atomic E-state index is -5.37. The van der Waals surface area contributed by atoms with E-state index in [2.05, 4.69) is 10.4 Å². The van der Waals surface area contributed by atoms with Crippen LogP contribution in [0.15, 0.2) is 23.4 Å². The molecule has 0 saturated heterocycles. The highest BCUT2D eigenvalue weighted by molar-refractivity contribution is 7.91. The summed E-state index contributed by atoms with van der Waals surface area (Å²) in [5.74, 6) is -4.57. The maximum Gasteiger partial charge on any atom is 0.420 e. The Morgan fingerprint density at radius 3 is 2.42 bits per heavy atom. The van der Waals surface area contributed by atoms with E-state index < -0.39 is 92.8 Å². The van der Waals surface area contributed by atoms with Gasteiger partial charge >= 0.3 is 6.18 Å². The first-order valence-corrected chi connectivity index (χ1v) is 12.4. The van der Waals surface area contributed by atoms with Crippen LogP contribution < -0.4 is 10.0 Å². The summed E-state index contributed by atoms with van der Waals surface area (Å²) in [6.07, 6.45) is -8.34. The zero-order valence-electron chi connectivity index (χ0n) is 18.8. The van der Waals surface area contributed by atoms with Crippen LogP contribution in [0.5, 0.6) is 0 Å². The minimum absolute atomic E-state index is 0.0768. The van der Waals surface area contributed by atoms with Gasteiger partial charge in [-0.2, -0.15) is 23.0 Å². The number of nitrogens with zero attached hydrogens (tertiary/aromatic N) is 3. The molecule has 2 fully saturated rings. The van der Waals surface area contributed by atoms with E-state index in [0.717, 1.165) is 24.6 Å². The highest BCUT2D eigenvalue weighted by Crippen LogP contribution is 2.56. The first kappa shape index (κ1) is 26.2. The number of hydrogen-bond acceptors (Lipinski definition) is 5. The van der Waals surface area contributed by atoms with Crippen LogP contribution in [0.2, 0.25) is 0 Å². The number of amides is 1. The molecule has 0 spiro atoms. The third kappa shape index (κ3) is 4.62. The Balaban J connectivity index is 1.81. The van der Waals surface area contributed by atoms with Crippen molar-refractivity contribution in [3.63, 3.8) is 0 Å². The molecule has 198 valence electrons. The average Bonchev–Trinajstić information content (AvgIpc) is 3.11. The Morgan fingerprint density at radius 2 is 1.94 bits per heavy atom. The second kappa shape index (κ2) is 7.79. The average molecular weight is 543 g/mol. The number of alkyl halides is 7. The van der Waals surface area contributed by atoms with Crippen LogP contribution in [-0.2, 0) is 28.1 Å². The van der Waals surface area contributed by atoms with E-state index in [1.807, 2.05) is 0 Å². The van der Waals surface area contributed by atoms with E-state index in [9.17, 15) is 44.9 Å². The van der Waals surface area contributed by atoms with Crippen molar-refractivity contribution >= 4 is 21.3 Å². The monoisotopic (exact) mass is 543 g/mol. The summed E-state index contributed by atoms with van der Waals surface area (Å²) >= 11 is 0. The maximum atomic E-state index is 14.9. The molecule has 0 bridgehead atoms. The molecule has 0 radical (unpaired) electrons. The lowest BCUT2D eigenvalue weighted by Gasteiger charge is -2.44. The lowest BCUT2D eigenvalue weighted by Crippen LogP contribution is -2.47. The summed E-state index contributed by atoms with van der Waals surface area (Å²) in [5, 5.41) is 16.8. The predicted octanol–water partition coefficient (Wildman–Crippen LogP) is 4.17. The Hall–Kier alpha value is -2.91. The van der Waals surface area contributed by atoms with E-state index in [1.165, 1.54) is 6.92 Å². The molecule has 2 aliphatic rings. The number of carbonyl (C=O) groups excluding carboxylic acids is 1. The molecular formula is C20H20F7N5O3S. The zero-order valence-corrected chi connectivity index (χ0v) is 19.6. The van der Waals surface area contributed by atoms with Crippen LogP contribution in [0.25, 0.3) is 0 Å². The van der Waals surface area contributed by atoms with E-state index in [4.69, 9.17) is 4.78 Å². The molecule has 3 atom stereocenters. The molecule has 0 aliphatic heterocycles. The second-order valence-corrected chi connectivity index (χ2v) is 11.8. The zero-order chi connectivity index (χ0) is 27.1. The Labute approximate surface area is 200 Å². The van der Waals surface area contributed by atoms with Crippen LogP contribution in [0.1, 0.15) is 47.9 Å². The highest BCUT2D eigenvalue weighted by Gasteiger charge is 2.64.